The predicted molar refractivity (Wildman–Crippen MR) is 69.5 cm³/mol. The fraction of sp³-hybridized carbons (Fsp3) is 0.929. The van der Waals surface area contributed by atoms with Crippen LogP contribution < -0.4 is 11.1 Å². The van der Waals surface area contributed by atoms with Crippen LogP contribution in [0.5, 0.6) is 0 Å². The van der Waals surface area contributed by atoms with Crippen LogP contribution >= 0.6 is 0 Å². The molecule has 3 N–H and O–H groups in total. The Labute approximate surface area is 105 Å². The molecule has 0 heterocycles. The predicted octanol–water partition coefficient (Wildman–Crippen LogP) is 2.20. The highest BCUT2D eigenvalue weighted by molar-refractivity contribution is 5.79. The van der Waals surface area contributed by atoms with Gasteiger partial charge in [0, 0.05) is 18.5 Å². The minimum absolute atomic E-state index is 0.181. The fourth-order valence-corrected chi connectivity index (χ4v) is 3.45. The van der Waals surface area contributed by atoms with Crippen molar-refractivity contribution < 1.29 is 4.79 Å². The molecule has 2 aliphatic carbocycles. The molecule has 0 aromatic heterocycles. The summed E-state index contributed by atoms with van der Waals surface area (Å²) in [4.78, 5) is 12.0. The first-order valence-electron chi connectivity index (χ1n) is 7.18. The van der Waals surface area contributed by atoms with Crippen molar-refractivity contribution in [3.8, 4) is 0 Å². The Morgan fingerprint density at radius 3 is 2.59 bits per heavy atom. The van der Waals surface area contributed by atoms with Crippen molar-refractivity contribution in [3.63, 3.8) is 0 Å². The molecule has 2 fully saturated rings. The Morgan fingerprint density at radius 2 is 2.06 bits per heavy atom. The third-order valence-electron chi connectivity index (χ3n) is 4.90. The second kappa shape index (κ2) is 5.38. The number of amides is 1. The molecular weight excluding hydrogens is 212 g/mol. The van der Waals surface area contributed by atoms with Gasteiger partial charge in [-0.25, -0.2) is 0 Å². The van der Waals surface area contributed by atoms with E-state index in [0.29, 0.717) is 5.41 Å². The highest BCUT2D eigenvalue weighted by Gasteiger charge is 2.34. The van der Waals surface area contributed by atoms with Gasteiger partial charge in [0.15, 0.2) is 0 Å². The van der Waals surface area contributed by atoms with Gasteiger partial charge in [-0.15, -0.1) is 0 Å². The summed E-state index contributed by atoms with van der Waals surface area (Å²) in [6, 6.07) is 0.248. The molecule has 0 saturated heterocycles. The minimum atomic E-state index is 0.181. The number of carbonyl (C=O) groups excluding carboxylic acids is 1. The van der Waals surface area contributed by atoms with Crippen LogP contribution in [0, 0.1) is 11.3 Å². The smallest absolute Gasteiger partial charge is 0.223 e. The van der Waals surface area contributed by atoms with Crippen molar-refractivity contribution in [1.82, 2.24) is 5.32 Å². The van der Waals surface area contributed by atoms with Crippen molar-refractivity contribution in [3.05, 3.63) is 0 Å². The molecule has 17 heavy (non-hydrogen) atoms. The number of nitrogens with one attached hydrogen (secondary N) is 1. The van der Waals surface area contributed by atoms with Crippen LogP contribution in [-0.4, -0.2) is 18.5 Å². The largest absolute Gasteiger partial charge is 0.355 e. The van der Waals surface area contributed by atoms with Gasteiger partial charge < -0.3 is 11.1 Å². The molecule has 2 aliphatic rings. The van der Waals surface area contributed by atoms with Gasteiger partial charge in [-0.3, -0.25) is 4.79 Å². The highest BCUT2D eigenvalue weighted by atomic mass is 16.1. The van der Waals surface area contributed by atoms with E-state index in [1.807, 2.05) is 0 Å². The molecule has 2 saturated carbocycles. The van der Waals surface area contributed by atoms with Gasteiger partial charge in [0.05, 0.1) is 0 Å². The van der Waals surface area contributed by atoms with E-state index in [9.17, 15) is 4.79 Å². The van der Waals surface area contributed by atoms with E-state index in [2.05, 4.69) is 12.2 Å². The van der Waals surface area contributed by atoms with Crippen LogP contribution in [0.3, 0.4) is 0 Å². The first-order chi connectivity index (χ1) is 8.15. The minimum Gasteiger partial charge on any atom is -0.355 e. The molecular formula is C14H26N2O. The lowest BCUT2D eigenvalue weighted by Crippen LogP contribution is -2.38. The summed E-state index contributed by atoms with van der Waals surface area (Å²) in [6.45, 7) is 3.14. The Hall–Kier alpha value is -0.570. The second-order valence-corrected chi connectivity index (χ2v) is 6.05. The van der Waals surface area contributed by atoms with Crippen LogP contribution in [0.4, 0.5) is 0 Å². The topological polar surface area (TPSA) is 55.1 Å². The third-order valence-corrected chi connectivity index (χ3v) is 4.90. The molecule has 0 aromatic carbocycles. The molecule has 2 atom stereocenters. The molecule has 0 bridgehead atoms. The third kappa shape index (κ3) is 3.01. The lowest BCUT2D eigenvalue weighted by Gasteiger charge is -2.28. The highest BCUT2D eigenvalue weighted by Crippen LogP contribution is 2.40. The van der Waals surface area contributed by atoms with Gasteiger partial charge in [0.1, 0.15) is 0 Å². The van der Waals surface area contributed by atoms with E-state index in [1.54, 1.807) is 0 Å². The van der Waals surface area contributed by atoms with Gasteiger partial charge >= 0.3 is 0 Å². The van der Waals surface area contributed by atoms with E-state index in [-0.39, 0.29) is 17.9 Å². The van der Waals surface area contributed by atoms with E-state index < -0.39 is 0 Å². The van der Waals surface area contributed by atoms with Crippen molar-refractivity contribution >= 4 is 5.91 Å². The SMILES string of the molecule is CCC1(CNC(=O)C2CCC(N)C2)CCCC1. The molecule has 1 amide bonds. The number of nitrogens with two attached hydrogens (primary N) is 1. The summed E-state index contributed by atoms with van der Waals surface area (Å²) in [5, 5.41) is 3.18. The standard InChI is InChI=1S/C14H26N2O/c1-2-14(7-3-4-8-14)10-16-13(17)11-5-6-12(15)9-11/h11-12H,2-10,15H2,1H3,(H,16,17). The van der Waals surface area contributed by atoms with Gasteiger partial charge in [-0.05, 0) is 43.9 Å². The summed E-state index contributed by atoms with van der Waals surface area (Å²) < 4.78 is 0. The quantitative estimate of drug-likeness (QED) is 0.789. The van der Waals surface area contributed by atoms with Gasteiger partial charge in [0.25, 0.3) is 0 Å². The van der Waals surface area contributed by atoms with E-state index in [0.717, 1.165) is 25.8 Å². The average Bonchev–Trinajstić information content (AvgIpc) is 2.95. The number of hydrogen-bond donors (Lipinski definition) is 2. The zero-order valence-corrected chi connectivity index (χ0v) is 11.0. The molecule has 0 spiro atoms. The molecule has 3 nitrogen and oxygen atoms in total. The maximum absolute atomic E-state index is 12.0. The molecule has 0 radical (unpaired) electrons. The van der Waals surface area contributed by atoms with Crippen LogP contribution in [0.2, 0.25) is 0 Å². The van der Waals surface area contributed by atoms with Crippen LogP contribution in [0.15, 0.2) is 0 Å². The molecule has 2 rings (SSSR count). The lowest BCUT2D eigenvalue weighted by atomic mass is 9.83. The van der Waals surface area contributed by atoms with E-state index >= 15 is 0 Å². The van der Waals surface area contributed by atoms with E-state index in [1.165, 1.54) is 32.1 Å². The Morgan fingerprint density at radius 1 is 1.35 bits per heavy atom. The number of carbonyl (C=O) groups is 1. The van der Waals surface area contributed by atoms with E-state index in [4.69, 9.17) is 5.73 Å². The van der Waals surface area contributed by atoms with Gasteiger partial charge in [0.2, 0.25) is 5.91 Å². The van der Waals surface area contributed by atoms with Gasteiger partial charge in [-0.1, -0.05) is 19.8 Å². The monoisotopic (exact) mass is 238 g/mol. The lowest BCUT2D eigenvalue weighted by molar-refractivity contribution is -0.125. The zero-order valence-electron chi connectivity index (χ0n) is 11.0. The van der Waals surface area contributed by atoms with Crippen molar-refractivity contribution in [2.75, 3.05) is 6.54 Å². The molecule has 2 unspecified atom stereocenters. The molecule has 0 aromatic rings. The number of rotatable bonds is 4. The number of hydrogen-bond acceptors (Lipinski definition) is 2. The molecule has 98 valence electrons. The normalized spacial score (nSPS) is 31.6. The summed E-state index contributed by atoms with van der Waals surface area (Å²) >= 11 is 0. The average molecular weight is 238 g/mol. The van der Waals surface area contributed by atoms with Crippen molar-refractivity contribution in [2.45, 2.75) is 64.3 Å². The Balaban J connectivity index is 1.79. The summed E-state index contributed by atoms with van der Waals surface area (Å²) in [6.07, 6.45) is 9.30. The Bertz CT molecular complexity index is 271. The van der Waals surface area contributed by atoms with Crippen LogP contribution in [0.25, 0.3) is 0 Å². The maximum Gasteiger partial charge on any atom is 0.223 e. The molecule has 0 aliphatic heterocycles. The molecule has 3 heteroatoms. The fourth-order valence-electron chi connectivity index (χ4n) is 3.45. The van der Waals surface area contributed by atoms with Crippen LogP contribution in [0.1, 0.15) is 58.3 Å². The second-order valence-electron chi connectivity index (χ2n) is 6.05. The first-order valence-corrected chi connectivity index (χ1v) is 7.18. The zero-order chi connectivity index (χ0) is 12.3. The summed E-state index contributed by atoms with van der Waals surface area (Å²) in [5.41, 5.74) is 6.25. The first kappa shape index (κ1) is 12.9. The van der Waals surface area contributed by atoms with Crippen LogP contribution in [-0.2, 0) is 4.79 Å². The summed E-state index contributed by atoms with van der Waals surface area (Å²) in [5.74, 6) is 0.429. The Kier molecular flexibility index (Phi) is 4.08. The van der Waals surface area contributed by atoms with Crippen molar-refractivity contribution in [2.24, 2.45) is 17.1 Å². The summed E-state index contributed by atoms with van der Waals surface area (Å²) in [7, 11) is 0. The van der Waals surface area contributed by atoms with Gasteiger partial charge in [-0.2, -0.15) is 0 Å². The maximum atomic E-state index is 12.0. The van der Waals surface area contributed by atoms with Crippen molar-refractivity contribution in [1.29, 1.82) is 0 Å².